The Morgan fingerprint density at radius 3 is 2.29 bits per heavy atom. The summed E-state index contributed by atoms with van der Waals surface area (Å²) in [4.78, 5) is 21.6. The molecule has 3 N–H and O–H groups in total. The highest BCUT2D eigenvalue weighted by atomic mass is 16.5. The molecule has 1 aromatic rings. The molecule has 92 valence electrons. The maximum Gasteiger partial charge on any atom is 0.336 e. The number of hydrogen-bond acceptors (Lipinski definition) is 4. The first-order valence-corrected chi connectivity index (χ1v) is 4.84. The van der Waals surface area contributed by atoms with E-state index < -0.39 is 11.9 Å². The van der Waals surface area contributed by atoms with Gasteiger partial charge in [0.25, 0.3) is 0 Å². The Balaban J connectivity index is 2.94. The molecule has 0 spiro atoms. The van der Waals surface area contributed by atoms with Gasteiger partial charge in [-0.15, -0.1) is 0 Å². The van der Waals surface area contributed by atoms with Gasteiger partial charge in [0.05, 0.1) is 30.9 Å². The summed E-state index contributed by atoms with van der Waals surface area (Å²) < 4.78 is 5.01. The summed E-state index contributed by atoms with van der Waals surface area (Å²) in [6.07, 6.45) is 0. The fraction of sp³-hybridized carbons (Fsp3) is 0.273. The molecular weight excluding hydrogens is 228 g/mol. The maximum atomic E-state index is 10.9. The van der Waals surface area contributed by atoms with Crippen LogP contribution in [-0.2, 0) is 11.3 Å². The maximum absolute atomic E-state index is 10.9. The minimum Gasteiger partial charge on any atom is -0.478 e. The summed E-state index contributed by atoms with van der Waals surface area (Å²) in [5.41, 5.74) is 0.00635. The zero-order valence-electron chi connectivity index (χ0n) is 8.92. The van der Waals surface area contributed by atoms with Gasteiger partial charge in [-0.05, 0) is 17.7 Å². The van der Waals surface area contributed by atoms with Crippen molar-refractivity contribution < 1.29 is 29.6 Å². The number of aliphatic hydroxyl groups excluding tert-OH is 1. The highest BCUT2D eigenvalue weighted by Crippen LogP contribution is 2.13. The lowest BCUT2D eigenvalue weighted by molar-refractivity contribution is 0.0649. The van der Waals surface area contributed by atoms with Gasteiger partial charge < -0.3 is 20.1 Å². The fourth-order valence-electron chi connectivity index (χ4n) is 1.30. The molecule has 0 amide bonds. The Hall–Kier alpha value is -1.92. The van der Waals surface area contributed by atoms with Crippen molar-refractivity contribution in [2.45, 2.75) is 6.61 Å². The molecule has 0 fully saturated rings. The Morgan fingerprint density at radius 2 is 1.76 bits per heavy atom. The van der Waals surface area contributed by atoms with E-state index in [1.807, 2.05) is 0 Å². The summed E-state index contributed by atoms with van der Waals surface area (Å²) in [5.74, 6) is -2.59. The molecule has 0 unspecified atom stereocenters. The van der Waals surface area contributed by atoms with E-state index in [-0.39, 0.29) is 30.9 Å². The number of carbonyl (C=O) groups is 2. The first-order valence-electron chi connectivity index (χ1n) is 4.84. The van der Waals surface area contributed by atoms with E-state index >= 15 is 0 Å². The first-order chi connectivity index (χ1) is 8.06. The summed E-state index contributed by atoms with van der Waals surface area (Å²) in [5, 5.41) is 26.2. The topological polar surface area (TPSA) is 104 Å². The SMILES string of the molecule is O=C(O)c1ccc(COCCO)cc1C(=O)O. The molecule has 1 rings (SSSR count). The van der Waals surface area contributed by atoms with Crippen molar-refractivity contribution in [2.75, 3.05) is 13.2 Å². The average Bonchev–Trinajstić information content (AvgIpc) is 2.29. The van der Waals surface area contributed by atoms with Crippen LogP contribution < -0.4 is 0 Å². The highest BCUT2D eigenvalue weighted by molar-refractivity contribution is 6.01. The normalized spacial score (nSPS) is 10.2. The van der Waals surface area contributed by atoms with E-state index in [9.17, 15) is 9.59 Å². The van der Waals surface area contributed by atoms with E-state index in [0.717, 1.165) is 0 Å². The zero-order valence-corrected chi connectivity index (χ0v) is 8.92. The standard InChI is InChI=1S/C11H12O6/c12-3-4-17-6-7-1-2-8(10(13)14)9(5-7)11(15)16/h1-2,5,12H,3-4,6H2,(H,13,14)(H,15,16). The highest BCUT2D eigenvalue weighted by Gasteiger charge is 2.16. The summed E-state index contributed by atoms with van der Waals surface area (Å²) >= 11 is 0. The van der Waals surface area contributed by atoms with Crippen molar-refractivity contribution in [1.82, 2.24) is 0 Å². The molecule has 0 radical (unpaired) electrons. The summed E-state index contributed by atoms with van der Waals surface area (Å²) in [7, 11) is 0. The lowest BCUT2D eigenvalue weighted by Crippen LogP contribution is -2.09. The number of hydrogen-bond donors (Lipinski definition) is 3. The largest absolute Gasteiger partial charge is 0.478 e. The molecule has 6 nitrogen and oxygen atoms in total. The van der Waals surface area contributed by atoms with E-state index in [1.54, 1.807) is 0 Å². The molecule has 0 aliphatic heterocycles. The van der Waals surface area contributed by atoms with Crippen molar-refractivity contribution in [2.24, 2.45) is 0 Å². The lowest BCUT2D eigenvalue weighted by atomic mass is 10.0. The minimum atomic E-state index is -1.30. The fourth-order valence-corrected chi connectivity index (χ4v) is 1.30. The third-order valence-electron chi connectivity index (χ3n) is 2.05. The van der Waals surface area contributed by atoms with Crippen LogP contribution in [0.5, 0.6) is 0 Å². The molecule has 0 saturated carbocycles. The van der Waals surface area contributed by atoms with Crippen LogP contribution in [0.1, 0.15) is 26.3 Å². The third-order valence-corrected chi connectivity index (χ3v) is 2.05. The number of ether oxygens (including phenoxy) is 1. The second-order valence-corrected chi connectivity index (χ2v) is 3.27. The van der Waals surface area contributed by atoms with E-state index in [0.29, 0.717) is 5.56 Å². The molecule has 0 atom stereocenters. The number of carboxylic acid groups (broad SMARTS) is 2. The molecule has 0 heterocycles. The summed E-state index contributed by atoms with van der Waals surface area (Å²) in [6, 6.07) is 3.96. The first kappa shape index (κ1) is 13.1. The van der Waals surface area contributed by atoms with Gasteiger partial charge in [-0.3, -0.25) is 0 Å². The van der Waals surface area contributed by atoms with Gasteiger partial charge in [0.15, 0.2) is 0 Å². The van der Waals surface area contributed by atoms with Gasteiger partial charge in [0, 0.05) is 0 Å². The van der Waals surface area contributed by atoms with E-state index in [2.05, 4.69) is 0 Å². The Morgan fingerprint density at radius 1 is 1.12 bits per heavy atom. The number of aliphatic hydroxyl groups is 1. The van der Waals surface area contributed by atoms with Crippen LogP contribution in [0.3, 0.4) is 0 Å². The van der Waals surface area contributed by atoms with Gasteiger partial charge >= 0.3 is 11.9 Å². The number of rotatable bonds is 6. The van der Waals surface area contributed by atoms with Crippen LogP contribution in [0, 0.1) is 0 Å². The van der Waals surface area contributed by atoms with Crippen LogP contribution in [0.2, 0.25) is 0 Å². The second kappa shape index (κ2) is 5.97. The molecular formula is C11H12O6. The smallest absolute Gasteiger partial charge is 0.336 e. The van der Waals surface area contributed by atoms with E-state index in [1.165, 1.54) is 18.2 Å². The number of benzene rings is 1. The zero-order chi connectivity index (χ0) is 12.8. The molecule has 0 aliphatic carbocycles. The average molecular weight is 240 g/mol. The monoisotopic (exact) mass is 240 g/mol. The van der Waals surface area contributed by atoms with Crippen molar-refractivity contribution in [1.29, 1.82) is 0 Å². The molecule has 0 aromatic heterocycles. The van der Waals surface area contributed by atoms with Crippen LogP contribution >= 0.6 is 0 Å². The molecule has 0 aliphatic rings. The van der Waals surface area contributed by atoms with Crippen molar-refractivity contribution in [3.63, 3.8) is 0 Å². The Kier molecular flexibility index (Phi) is 4.62. The molecule has 17 heavy (non-hydrogen) atoms. The number of aromatic carboxylic acids is 2. The third kappa shape index (κ3) is 3.54. The van der Waals surface area contributed by atoms with Crippen molar-refractivity contribution >= 4 is 11.9 Å². The lowest BCUT2D eigenvalue weighted by Gasteiger charge is -2.06. The van der Waals surface area contributed by atoms with Crippen LogP contribution in [-0.4, -0.2) is 40.5 Å². The number of carboxylic acids is 2. The molecule has 0 saturated heterocycles. The van der Waals surface area contributed by atoms with Crippen LogP contribution in [0.25, 0.3) is 0 Å². The summed E-state index contributed by atoms with van der Waals surface area (Å²) in [6.45, 7) is 0.142. The Bertz CT molecular complexity index is 426. The van der Waals surface area contributed by atoms with Crippen LogP contribution in [0.15, 0.2) is 18.2 Å². The van der Waals surface area contributed by atoms with E-state index in [4.69, 9.17) is 20.1 Å². The van der Waals surface area contributed by atoms with Gasteiger partial charge in [-0.2, -0.15) is 0 Å². The predicted octanol–water partition coefficient (Wildman–Crippen LogP) is 0.592. The van der Waals surface area contributed by atoms with Gasteiger partial charge in [0.2, 0.25) is 0 Å². The second-order valence-electron chi connectivity index (χ2n) is 3.27. The molecule has 1 aromatic carbocycles. The van der Waals surface area contributed by atoms with Crippen molar-refractivity contribution in [3.8, 4) is 0 Å². The molecule has 6 heteroatoms. The Labute approximate surface area is 97.1 Å². The van der Waals surface area contributed by atoms with Gasteiger partial charge in [-0.1, -0.05) is 6.07 Å². The van der Waals surface area contributed by atoms with Gasteiger partial charge in [0.1, 0.15) is 0 Å². The quantitative estimate of drug-likeness (QED) is 0.629. The molecule has 0 bridgehead atoms. The minimum absolute atomic E-state index is 0.126. The van der Waals surface area contributed by atoms with Crippen molar-refractivity contribution in [3.05, 3.63) is 34.9 Å². The van der Waals surface area contributed by atoms with Gasteiger partial charge in [-0.25, -0.2) is 9.59 Å². The van der Waals surface area contributed by atoms with Crippen LogP contribution in [0.4, 0.5) is 0 Å². The predicted molar refractivity (Wildman–Crippen MR) is 57.1 cm³/mol.